The summed E-state index contributed by atoms with van der Waals surface area (Å²) in [6.45, 7) is 0.102. The quantitative estimate of drug-likeness (QED) is 0.434. The number of rotatable bonds is 5. The number of pyridine rings is 1. The van der Waals surface area contributed by atoms with Gasteiger partial charge in [-0.1, -0.05) is 36.4 Å². The first-order valence-corrected chi connectivity index (χ1v) is 9.82. The highest BCUT2D eigenvalue weighted by Gasteiger charge is 2.16. The van der Waals surface area contributed by atoms with Crippen molar-refractivity contribution in [1.82, 2.24) is 4.98 Å². The second-order valence-electron chi connectivity index (χ2n) is 6.31. The van der Waals surface area contributed by atoms with Crippen LogP contribution in [0.15, 0.2) is 72.1 Å². The summed E-state index contributed by atoms with van der Waals surface area (Å²) in [5, 5.41) is 2.72. The van der Waals surface area contributed by atoms with E-state index >= 15 is 0 Å². The molecule has 2 heterocycles. The summed E-state index contributed by atoms with van der Waals surface area (Å²) in [5.74, 6) is -0.823. The lowest BCUT2D eigenvalue weighted by molar-refractivity contribution is 0.0473. The Morgan fingerprint density at radius 1 is 0.966 bits per heavy atom. The van der Waals surface area contributed by atoms with E-state index < -0.39 is 11.9 Å². The minimum absolute atomic E-state index is 0.102. The first-order valence-electron chi connectivity index (χ1n) is 8.94. The minimum atomic E-state index is -0.418. The molecule has 0 aliphatic heterocycles. The summed E-state index contributed by atoms with van der Waals surface area (Å²) >= 11 is 1.57. The molecular formula is C23H17NO4S. The molecular weight excluding hydrogens is 386 g/mol. The number of thiophene rings is 1. The predicted octanol–water partition coefficient (Wildman–Crippen LogP) is 5.11. The molecule has 2 aromatic carbocycles. The van der Waals surface area contributed by atoms with Crippen molar-refractivity contribution in [3.63, 3.8) is 0 Å². The number of para-hydroxylation sites is 1. The Balaban J connectivity index is 1.59. The predicted molar refractivity (Wildman–Crippen MR) is 112 cm³/mol. The lowest BCUT2D eigenvalue weighted by Crippen LogP contribution is -2.07. The van der Waals surface area contributed by atoms with Crippen LogP contribution in [0.2, 0.25) is 0 Å². The van der Waals surface area contributed by atoms with Crippen LogP contribution in [-0.2, 0) is 16.1 Å². The third kappa shape index (κ3) is 4.02. The lowest BCUT2D eigenvalue weighted by Gasteiger charge is -2.10. The Labute approximate surface area is 171 Å². The van der Waals surface area contributed by atoms with E-state index in [1.165, 1.54) is 7.11 Å². The van der Waals surface area contributed by atoms with Gasteiger partial charge in [-0.15, -0.1) is 11.3 Å². The first kappa shape index (κ1) is 18.8. The maximum atomic E-state index is 12.9. The van der Waals surface area contributed by atoms with Crippen molar-refractivity contribution in [3.8, 4) is 10.6 Å². The molecule has 0 amide bonds. The largest absolute Gasteiger partial charge is 0.465 e. The number of carbonyl (C=O) groups excluding carboxylic acids is 2. The molecule has 0 spiro atoms. The molecule has 5 nitrogen and oxygen atoms in total. The molecule has 0 atom stereocenters. The molecule has 0 radical (unpaired) electrons. The molecule has 0 saturated heterocycles. The van der Waals surface area contributed by atoms with Gasteiger partial charge in [-0.05, 0) is 41.3 Å². The SMILES string of the molecule is COC(=O)c1ccc(COC(=O)c2cc(-c3cccs3)nc3ccccc23)cc1. The molecule has 144 valence electrons. The van der Waals surface area contributed by atoms with Gasteiger partial charge in [0.25, 0.3) is 0 Å². The maximum absolute atomic E-state index is 12.9. The molecule has 0 bridgehead atoms. The van der Waals surface area contributed by atoms with E-state index in [0.717, 1.165) is 27.0 Å². The molecule has 0 aliphatic carbocycles. The molecule has 2 aromatic heterocycles. The third-order valence-corrected chi connectivity index (χ3v) is 5.35. The van der Waals surface area contributed by atoms with Crippen LogP contribution in [0.25, 0.3) is 21.5 Å². The number of fused-ring (bicyclic) bond motifs is 1. The fourth-order valence-electron chi connectivity index (χ4n) is 2.98. The van der Waals surface area contributed by atoms with Crippen LogP contribution < -0.4 is 0 Å². The summed E-state index contributed by atoms with van der Waals surface area (Å²) in [7, 11) is 1.33. The Hall–Kier alpha value is -3.51. The van der Waals surface area contributed by atoms with Gasteiger partial charge < -0.3 is 9.47 Å². The van der Waals surface area contributed by atoms with E-state index in [2.05, 4.69) is 9.72 Å². The van der Waals surface area contributed by atoms with E-state index in [9.17, 15) is 9.59 Å². The fraction of sp³-hybridized carbons (Fsp3) is 0.0870. The van der Waals surface area contributed by atoms with Gasteiger partial charge in [-0.25, -0.2) is 14.6 Å². The van der Waals surface area contributed by atoms with Gasteiger partial charge in [-0.2, -0.15) is 0 Å². The Kier molecular flexibility index (Phi) is 5.35. The van der Waals surface area contributed by atoms with Crippen LogP contribution in [0.3, 0.4) is 0 Å². The number of benzene rings is 2. The summed E-state index contributed by atoms with van der Waals surface area (Å²) in [5.41, 5.74) is 3.19. The summed E-state index contributed by atoms with van der Waals surface area (Å²) in [6, 6.07) is 20.0. The second kappa shape index (κ2) is 8.24. The first-order chi connectivity index (χ1) is 14.2. The number of nitrogens with zero attached hydrogens (tertiary/aromatic N) is 1. The van der Waals surface area contributed by atoms with E-state index in [1.807, 2.05) is 41.8 Å². The van der Waals surface area contributed by atoms with E-state index in [0.29, 0.717) is 11.1 Å². The molecule has 29 heavy (non-hydrogen) atoms. The zero-order valence-corrected chi connectivity index (χ0v) is 16.4. The van der Waals surface area contributed by atoms with E-state index in [-0.39, 0.29) is 6.61 Å². The van der Waals surface area contributed by atoms with Crippen molar-refractivity contribution >= 4 is 34.2 Å². The van der Waals surface area contributed by atoms with Crippen molar-refractivity contribution in [2.45, 2.75) is 6.61 Å². The van der Waals surface area contributed by atoms with Crippen molar-refractivity contribution in [3.05, 3.63) is 88.8 Å². The zero-order chi connectivity index (χ0) is 20.2. The van der Waals surface area contributed by atoms with Gasteiger partial charge >= 0.3 is 11.9 Å². The lowest BCUT2D eigenvalue weighted by atomic mass is 10.1. The van der Waals surface area contributed by atoms with Crippen LogP contribution in [0.5, 0.6) is 0 Å². The molecule has 0 unspecified atom stereocenters. The van der Waals surface area contributed by atoms with Crippen molar-refractivity contribution in [2.75, 3.05) is 7.11 Å². The van der Waals surface area contributed by atoms with Gasteiger partial charge in [0.1, 0.15) is 6.61 Å². The Morgan fingerprint density at radius 2 is 1.76 bits per heavy atom. The maximum Gasteiger partial charge on any atom is 0.339 e. The zero-order valence-electron chi connectivity index (χ0n) is 15.6. The fourth-order valence-corrected chi connectivity index (χ4v) is 3.66. The van der Waals surface area contributed by atoms with E-state index in [1.54, 1.807) is 41.7 Å². The normalized spacial score (nSPS) is 10.7. The number of carbonyl (C=O) groups is 2. The van der Waals surface area contributed by atoms with E-state index in [4.69, 9.17) is 4.74 Å². The average Bonchev–Trinajstić information content (AvgIpc) is 3.31. The average molecular weight is 403 g/mol. The molecule has 4 aromatic rings. The van der Waals surface area contributed by atoms with Gasteiger partial charge in [0, 0.05) is 5.39 Å². The van der Waals surface area contributed by atoms with Crippen molar-refractivity contribution < 1.29 is 19.1 Å². The molecule has 0 aliphatic rings. The topological polar surface area (TPSA) is 65.5 Å². The number of hydrogen-bond donors (Lipinski definition) is 0. The monoisotopic (exact) mass is 403 g/mol. The summed E-state index contributed by atoms with van der Waals surface area (Å²) < 4.78 is 10.2. The van der Waals surface area contributed by atoms with Gasteiger partial charge in [-0.3, -0.25) is 0 Å². The number of aromatic nitrogens is 1. The molecule has 0 fully saturated rings. The van der Waals surface area contributed by atoms with Crippen LogP contribution in [-0.4, -0.2) is 24.0 Å². The Bertz CT molecular complexity index is 1170. The minimum Gasteiger partial charge on any atom is -0.465 e. The van der Waals surface area contributed by atoms with Crippen LogP contribution >= 0.6 is 11.3 Å². The van der Waals surface area contributed by atoms with Gasteiger partial charge in [0.2, 0.25) is 0 Å². The number of ether oxygens (including phenoxy) is 2. The highest BCUT2D eigenvalue weighted by molar-refractivity contribution is 7.13. The summed E-state index contributed by atoms with van der Waals surface area (Å²) in [6.07, 6.45) is 0. The Morgan fingerprint density at radius 3 is 2.48 bits per heavy atom. The molecule has 6 heteroatoms. The highest BCUT2D eigenvalue weighted by atomic mass is 32.1. The molecule has 4 rings (SSSR count). The van der Waals surface area contributed by atoms with Gasteiger partial charge in [0.15, 0.2) is 0 Å². The van der Waals surface area contributed by atoms with Crippen LogP contribution in [0, 0.1) is 0 Å². The smallest absolute Gasteiger partial charge is 0.339 e. The number of hydrogen-bond acceptors (Lipinski definition) is 6. The summed E-state index contributed by atoms with van der Waals surface area (Å²) in [4.78, 5) is 30.0. The van der Waals surface area contributed by atoms with Gasteiger partial charge in [0.05, 0.1) is 34.3 Å². The number of esters is 2. The number of methoxy groups -OCH3 is 1. The van der Waals surface area contributed by atoms with Crippen molar-refractivity contribution in [1.29, 1.82) is 0 Å². The van der Waals surface area contributed by atoms with Crippen LogP contribution in [0.4, 0.5) is 0 Å². The standard InChI is InChI=1S/C23H17NO4S/c1-27-22(25)16-10-8-15(9-11-16)14-28-23(26)18-13-20(21-7-4-12-29-21)24-19-6-3-2-5-17(18)19/h2-13H,14H2,1H3. The molecule has 0 saturated carbocycles. The van der Waals surface area contributed by atoms with Crippen LogP contribution in [0.1, 0.15) is 26.3 Å². The third-order valence-electron chi connectivity index (χ3n) is 4.45. The second-order valence-corrected chi connectivity index (χ2v) is 7.26. The van der Waals surface area contributed by atoms with Crippen molar-refractivity contribution in [2.24, 2.45) is 0 Å². The highest BCUT2D eigenvalue weighted by Crippen LogP contribution is 2.28. The molecule has 0 N–H and O–H groups in total.